The van der Waals surface area contributed by atoms with E-state index in [9.17, 15) is 0 Å². The van der Waals surface area contributed by atoms with Gasteiger partial charge in [-0.1, -0.05) is 150 Å². The van der Waals surface area contributed by atoms with Gasteiger partial charge in [0.1, 0.15) is 0 Å². The second kappa shape index (κ2) is 21.6. The number of hydrogen-bond acceptors (Lipinski definition) is 2. The molecule has 0 unspecified atom stereocenters. The van der Waals surface area contributed by atoms with E-state index in [2.05, 4.69) is 185 Å². The van der Waals surface area contributed by atoms with Crippen LogP contribution in [0.15, 0.2) is 133 Å². The zero-order chi connectivity index (χ0) is 40.7. The van der Waals surface area contributed by atoms with E-state index in [4.69, 9.17) is 0 Å². The summed E-state index contributed by atoms with van der Waals surface area (Å²) in [6, 6.07) is 50.3. The van der Waals surface area contributed by atoms with E-state index in [1.54, 1.807) is 0 Å². The number of benzene rings is 6. The predicted molar refractivity (Wildman–Crippen MR) is 254 cm³/mol. The summed E-state index contributed by atoms with van der Waals surface area (Å²) in [5.41, 5.74) is 17.5. The van der Waals surface area contributed by atoms with Gasteiger partial charge in [-0.25, -0.2) is 0 Å². The van der Waals surface area contributed by atoms with Gasteiger partial charge in [-0.2, -0.15) is 0 Å². The second-order valence-electron chi connectivity index (χ2n) is 16.7. The summed E-state index contributed by atoms with van der Waals surface area (Å²) < 4.78 is 0. The minimum absolute atomic E-state index is 1.15. The Balaban J connectivity index is 1.24. The second-order valence-corrected chi connectivity index (χ2v) is 16.7. The third-order valence-corrected chi connectivity index (χ3v) is 11.8. The molecular weight excluding hydrogens is 701 g/mol. The first-order valence-corrected chi connectivity index (χ1v) is 22.5. The van der Waals surface area contributed by atoms with Crippen molar-refractivity contribution in [2.45, 2.75) is 131 Å². The summed E-state index contributed by atoms with van der Waals surface area (Å²) in [4.78, 5) is 4.80. The van der Waals surface area contributed by atoms with Gasteiger partial charge >= 0.3 is 0 Å². The van der Waals surface area contributed by atoms with Crippen molar-refractivity contribution in [1.82, 2.24) is 0 Å². The van der Waals surface area contributed by atoms with Crippen molar-refractivity contribution >= 4 is 34.1 Å². The van der Waals surface area contributed by atoms with Crippen molar-refractivity contribution in [3.8, 4) is 11.1 Å². The van der Waals surface area contributed by atoms with Crippen LogP contribution in [0.4, 0.5) is 34.1 Å². The molecule has 6 rings (SSSR count). The molecule has 0 radical (unpaired) electrons. The maximum absolute atomic E-state index is 2.40. The van der Waals surface area contributed by atoms with Gasteiger partial charge < -0.3 is 9.80 Å². The normalized spacial score (nSPS) is 11.2. The van der Waals surface area contributed by atoms with Crippen LogP contribution in [-0.2, 0) is 12.8 Å². The highest BCUT2D eigenvalue weighted by molar-refractivity contribution is 5.83. The van der Waals surface area contributed by atoms with Crippen molar-refractivity contribution in [1.29, 1.82) is 0 Å². The summed E-state index contributed by atoms with van der Waals surface area (Å²) in [6.07, 6.45) is 18.2. The molecule has 0 aliphatic heterocycles. The van der Waals surface area contributed by atoms with Gasteiger partial charge in [0.15, 0.2) is 0 Å². The van der Waals surface area contributed by atoms with Crippen LogP contribution >= 0.6 is 0 Å². The van der Waals surface area contributed by atoms with Crippen molar-refractivity contribution in [2.24, 2.45) is 0 Å². The Morgan fingerprint density at radius 2 is 0.603 bits per heavy atom. The molecule has 0 aliphatic rings. The molecule has 58 heavy (non-hydrogen) atoms. The third-order valence-electron chi connectivity index (χ3n) is 11.8. The average Bonchev–Trinajstić information content (AvgIpc) is 3.23. The number of aryl methyl sites for hydroxylation is 6. The summed E-state index contributed by atoms with van der Waals surface area (Å²) in [6.45, 7) is 13.4. The zero-order valence-corrected chi connectivity index (χ0v) is 36.5. The summed E-state index contributed by atoms with van der Waals surface area (Å²) in [7, 11) is 0. The molecule has 0 N–H and O–H groups in total. The SMILES string of the molecule is CCCCCCCCc1ccc(N(c2ccc(C)cc2)c2ccc(-c3ccc(N(c4ccc(C)cc4)c4ccc(CCCCCCCC)cc4)cc3C)c(C)c2)cc1. The maximum atomic E-state index is 2.40. The van der Waals surface area contributed by atoms with E-state index in [-0.39, 0.29) is 0 Å². The van der Waals surface area contributed by atoms with Crippen LogP contribution in [0.3, 0.4) is 0 Å². The quantitative estimate of drug-likeness (QED) is 0.0673. The fourth-order valence-electron chi connectivity index (χ4n) is 8.30. The van der Waals surface area contributed by atoms with Gasteiger partial charge in [0, 0.05) is 34.1 Å². The Morgan fingerprint density at radius 3 is 0.931 bits per heavy atom. The molecule has 0 spiro atoms. The van der Waals surface area contributed by atoms with Crippen LogP contribution in [0.2, 0.25) is 0 Å². The molecule has 0 amide bonds. The smallest absolute Gasteiger partial charge is 0.0464 e. The molecule has 2 nitrogen and oxygen atoms in total. The average molecular weight is 769 g/mol. The van der Waals surface area contributed by atoms with Crippen molar-refractivity contribution in [2.75, 3.05) is 9.80 Å². The Labute approximate surface area is 352 Å². The monoisotopic (exact) mass is 769 g/mol. The number of anilines is 6. The Bertz CT molecular complexity index is 1970. The minimum Gasteiger partial charge on any atom is -0.310 e. The summed E-state index contributed by atoms with van der Waals surface area (Å²) >= 11 is 0. The molecule has 0 atom stereocenters. The van der Waals surface area contributed by atoms with E-state index in [0.29, 0.717) is 0 Å². The lowest BCUT2D eigenvalue weighted by Crippen LogP contribution is -2.11. The van der Waals surface area contributed by atoms with E-state index in [1.165, 1.54) is 156 Å². The number of hydrogen-bond donors (Lipinski definition) is 0. The number of nitrogens with zero attached hydrogens (tertiary/aromatic N) is 2. The highest BCUT2D eigenvalue weighted by Gasteiger charge is 2.18. The molecule has 6 aromatic rings. The highest BCUT2D eigenvalue weighted by atomic mass is 15.1. The van der Waals surface area contributed by atoms with Crippen LogP contribution in [0.5, 0.6) is 0 Å². The van der Waals surface area contributed by atoms with Gasteiger partial charge in [0.05, 0.1) is 0 Å². The lowest BCUT2D eigenvalue weighted by molar-refractivity contribution is 0.607. The molecule has 0 saturated carbocycles. The first-order valence-electron chi connectivity index (χ1n) is 22.5. The van der Waals surface area contributed by atoms with Crippen LogP contribution in [0.1, 0.15) is 124 Å². The predicted octanol–water partition coefficient (Wildman–Crippen LogP) is 17.3. The largest absolute Gasteiger partial charge is 0.310 e. The summed E-state index contributed by atoms with van der Waals surface area (Å²) in [5, 5.41) is 0. The van der Waals surface area contributed by atoms with E-state index >= 15 is 0 Å². The fraction of sp³-hybridized carbons (Fsp3) is 0.357. The topological polar surface area (TPSA) is 6.48 Å². The molecule has 0 heterocycles. The van der Waals surface area contributed by atoms with Crippen LogP contribution < -0.4 is 9.80 Å². The van der Waals surface area contributed by atoms with Gasteiger partial charge in [-0.05, 0) is 160 Å². The van der Waals surface area contributed by atoms with Crippen molar-refractivity contribution in [3.63, 3.8) is 0 Å². The molecule has 0 fully saturated rings. The van der Waals surface area contributed by atoms with E-state index in [1.807, 2.05) is 0 Å². The Kier molecular flexibility index (Phi) is 15.8. The highest BCUT2D eigenvalue weighted by Crippen LogP contribution is 2.40. The van der Waals surface area contributed by atoms with Gasteiger partial charge in [-0.3, -0.25) is 0 Å². The molecular formula is C56H68N2. The number of unbranched alkanes of at least 4 members (excludes halogenated alkanes) is 10. The molecule has 0 saturated heterocycles. The van der Waals surface area contributed by atoms with Crippen molar-refractivity contribution < 1.29 is 0 Å². The Morgan fingerprint density at radius 1 is 0.310 bits per heavy atom. The molecule has 0 bridgehead atoms. The molecule has 0 aliphatic carbocycles. The van der Waals surface area contributed by atoms with Crippen LogP contribution in [0.25, 0.3) is 11.1 Å². The summed E-state index contributed by atoms with van der Waals surface area (Å²) in [5.74, 6) is 0. The van der Waals surface area contributed by atoms with Gasteiger partial charge in [0.2, 0.25) is 0 Å². The lowest BCUT2D eigenvalue weighted by Gasteiger charge is -2.28. The minimum atomic E-state index is 1.15. The Hall–Kier alpha value is -5.08. The molecule has 0 aromatic heterocycles. The molecule has 6 aromatic carbocycles. The van der Waals surface area contributed by atoms with E-state index < -0.39 is 0 Å². The van der Waals surface area contributed by atoms with Gasteiger partial charge in [0.25, 0.3) is 0 Å². The van der Waals surface area contributed by atoms with Crippen molar-refractivity contribution in [3.05, 3.63) is 167 Å². The van der Waals surface area contributed by atoms with E-state index in [0.717, 1.165) is 12.8 Å². The fourth-order valence-corrected chi connectivity index (χ4v) is 8.30. The van der Waals surface area contributed by atoms with Crippen LogP contribution in [0, 0.1) is 27.7 Å². The van der Waals surface area contributed by atoms with Crippen LogP contribution in [-0.4, -0.2) is 0 Å². The molecule has 302 valence electrons. The number of rotatable bonds is 21. The first-order chi connectivity index (χ1) is 28.3. The standard InChI is InChI=1S/C56H68N2/c1-7-9-11-13-15-17-19-47-25-33-51(34-26-47)57(49-29-21-43(3)22-30-49)53-37-39-55(45(5)41-53)56-40-38-54(42-46(56)6)58(50-31-23-44(4)24-32-50)52-35-27-48(28-36-52)20-18-16-14-12-10-8-2/h21-42H,7-20H2,1-6H3. The maximum Gasteiger partial charge on any atom is 0.0464 e. The first kappa shape index (κ1) is 42.5. The zero-order valence-electron chi connectivity index (χ0n) is 36.5. The lowest BCUT2D eigenvalue weighted by atomic mass is 9.95. The third kappa shape index (κ3) is 11.5. The molecule has 2 heteroatoms. The van der Waals surface area contributed by atoms with Gasteiger partial charge in [-0.15, -0.1) is 0 Å².